The normalized spacial score (nSPS) is 12.2. The van der Waals surface area contributed by atoms with Crippen LogP contribution in [-0.2, 0) is 6.61 Å². The van der Waals surface area contributed by atoms with Gasteiger partial charge in [-0.1, -0.05) is 24.3 Å². The molecule has 0 saturated carbocycles. The summed E-state index contributed by atoms with van der Waals surface area (Å²) in [6.07, 6.45) is 0. The van der Waals surface area contributed by atoms with Crippen LogP contribution in [0.4, 0.5) is 4.39 Å². The lowest BCUT2D eigenvalue weighted by Crippen LogP contribution is -2.08. The third-order valence-electron chi connectivity index (χ3n) is 3.07. The van der Waals surface area contributed by atoms with Crippen LogP contribution in [0.15, 0.2) is 40.9 Å². The van der Waals surface area contributed by atoms with Crippen LogP contribution in [0.25, 0.3) is 0 Å². The molecular formula is C16H17BrFNO. The minimum atomic E-state index is -0.289. The molecule has 0 unspecified atom stereocenters. The number of halogens is 2. The molecule has 0 amide bonds. The Morgan fingerprint density at radius 1 is 1.30 bits per heavy atom. The second-order valence-corrected chi connectivity index (χ2v) is 5.62. The average Bonchev–Trinajstić information content (AvgIpc) is 2.40. The van der Waals surface area contributed by atoms with Crippen LogP contribution >= 0.6 is 15.9 Å². The van der Waals surface area contributed by atoms with Crippen molar-refractivity contribution >= 4 is 15.9 Å². The fraction of sp³-hybridized carbons (Fsp3) is 0.250. The zero-order valence-corrected chi connectivity index (χ0v) is 13.1. The highest BCUT2D eigenvalue weighted by Gasteiger charge is 2.10. The number of hydrogen-bond acceptors (Lipinski definition) is 2. The molecule has 0 aromatic heterocycles. The molecule has 4 heteroatoms. The minimum absolute atomic E-state index is 0.110. The first kappa shape index (κ1) is 15.0. The van der Waals surface area contributed by atoms with Crippen molar-refractivity contribution in [3.05, 3.63) is 63.4 Å². The summed E-state index contributed by atoms with van der Waals surface area (Å²) < 4.78 is 19.7. The zero-order chi connectivity index (χ0) is 14.7. The van der Waals surface area contributed by atoms with Crippen LogP contribution in [-0.4, -0.2) is 0 Å². The van der Waals surface area contributed by atoms with E-state index in [-0.39, 0.29) is 11.9 Å². The molecule has 20 heavy (non-hydrogen) atoms. The Hall–Kier alpha value is -1.39. The van der Waals surface area contributed by atoms with Crippen LogP contribution in [0, 0.1) is 12.7 Å². The van der Waals surface area contributed by atoms with Crippen LogP contribution in [0.5, 0.6) is 5.75 Å². The third kappa shape index (κ3) is 3.38. The highest BCUT2D eigenvalue weighted by atomic mass is 79.9. The van der Waals surface area contributed by atoms with E-state index in [1.54, 1.807) is 6.07 Å². The molecule has 2 N–H and O–H groups in total. The first-order chi connectivity index (χ1) is 9.49. The van der Waals surface area contributed by atoms with Gasteiger partial charge in [0.2, 0.25) is 0 Å². The summed E-state index contributed by atoms with van der Waals surface area (Å²) in [5, 5.41) is 0. The molecule has 0 saturated heterocycles. The second kappa shape index (κ2) is 6.37. The predicted molar refractivity (Wildman–Crippen MR) is 82.2 cm³/mol. The lowest BCUT2D eigenvalue weighted by Gasteiger charge is -2.15. The van der Waals surface area contributed by atoms with E-state index in [0.717, 1.165) is 22.4 Å². The molecule has 1 atom stereocenters. The van der Waals surface area contributed by atoms with Gasteiger partial charge in [-0.25, -0.2) is 4.39 Å². The van der Waals surface area contributed by atoms with Gasteiger partial charge in [-0.05, 0) is 47.5 Å². The highest BCUT2D eigenvalue weighted by molar-refractivity contribution is 9.10. The number of nitrogens with two attached hydrogens (primary N) is 1. The molecular weight excluding hydrogens is 321 g/mol. The van der Waals surface area contributed by atoms with Crippen molar-refractivity contribution in [3.63, 3.8) is 0 Å². The Balaban J connectivity index is 2.22. The maximum atomic E-state index is 13.5. The number of aryl methyl sites for hydroxylation is 1. The Morgan fingerprint density at radius 2 is 2.05 bits per heavy atom. The Morgan fingerprint density at radius 3 is 2.75 bits per heavy atom. The largest absolute Gasteiger partial charge is 0.489 e. The molecule has 0 bridgehead atoms. The highest BCUT2D eigenvalue weighted by Crippen LogP contribution is 2.27. The topological polar surface area (TPSA) is 35.2 Å². The minimum Gasteiger partial charge on any atom is -0.489 e. The first-order valence-corrected chi connectivity index (χ1v) is 7.20. The van der Waals surface area contributed by atoms with Gasteiger partial charge in [0.15, 0.2) is 0 Å². The van der Waals surface area contributed by atoms with Crippen LogP contribution in [0.2, 0.25) is 0 Å². The van der Waals surface area contributed by atoms with Gasteiger partial charge >= 0.3 is 0 Å². The third-order valence-corrected chi connectivity index (χ3v) is 3.96. The van der Waals surface area contributed by atoms with Gasteiger partial charge < -0.3 is 10.5 Å². The molecule has 0 aliphatic carbocycles. The van der Waals surface area contributed by atoms with Crippen molar-refractivity contribution in [1.29, 1.82) is 0 Å². The average molecular weight is 338 g/mol. The molecule has 106 valence electrons. The van der Waals surface area contributed by atoms with E-state index in [0.29, 0.717) is 11.1 Å². The molecule has 0 spiro atoms. The Labute approximate surface area is 126 Å². The van der Waals surface area contributed by atoms with Gasteiger partial charge in [0.25, 0.3) is 0 Å². The van der Waals surface area contributed by atoms with Crippen LogP contribution in [0.3, 0.4) is 0 Å². The molecule has 0 aliphatic rings. The molecule has 2 aromatic carbocycles. The molecule has 0 aliphatic heterocycles. The Kier molecular flexibility index (Phi) is 4.78. The maximum Gasteiger partial charge on any atom is 0.137 e. The van der Waals surface area contributed by atoms with Gasteiger partial charge in [-0.15, -0.1) is 0 Å². The van der Waals surface area contributed by atoms with E-state index < -0.39 is 0 Å². The standard InChI is InChI=1S/C16H17BrFNO/c1-10-6-7-13(11(2)19)15(8-10)20-9-12-4-3-5-14(18)16(12)17/h3-8,11H,9,19H2,1-2H3/t11-/m0/s1. The van der Waals surface area contributed by atoms with E-state index in [1.807, 2.05) is 38.1 Å². The van der Waals surface area contributed by atoms with E-state index in [2.05, 4.69) is 15.9 Å². The van der Waals surface area contributed by atoms with Crippen LogP contribution in [0.1, 0.15) is 29.7 Å². The van der Waals surface area contributed by atoms with E-state index in [1.165, 1.54) is 6.07 Å². The summed E-state index contributed by atoms with van der Waals surface area (Å²) in [5.74, 6) is 0.457. The fourth-order valence-electron chi connectivity index (χ4n) is 1.96. The number of rotatable bonds is 4. The molecule has 0 fully saturated rings. The molecule has 2 rings (SSSR count). The van der Waals surface area contributed by atoms with Crippen molar-refractivity contribution in [3.8, 4) is 5.75 Å². The monoisotopic (exact) mass is 337 g/mol. The summed E-state index contributed by atoms with van der Waals surface area (Å²) in [6.45, 7) is 4.20. The lowest BCUT2D eigenvalue weighted by atomic mass is 10.1. The summed E-state index contributed by atoms with van der Waals surface area (Å²) in [5.41, 5.74) is 8.75. The predicted octanol–water partition coefficient (Wildman–Crippen LogP) is 4.50. The second-order valence-electron chi connectivity index (χ2n) is 4.83. The summed E-state index contributed by atoms with van der Waals surface area (Å²) >= 11 is 3.24. The zero-order valence-electron chi connectivity index (χ0n) is 11.5. The van der Waals surface area contributed by atoms with Gasteiger partial charge in [-0.3, -0.25) is 0 Å². The van der Waals surface area contributed by atoms with Gasteiger partial charge in [0.05, 0.1) is 4.47 Å². The number of hydrogen-bond donors (Lipinski definition) is 1. The maximum absolute atomic E-state index is 13.5. The molecule has 0 heterocycles. The van der Waals surface area contributed by atoms with Crippen molar-refractivity contribution in [2.45, 2.75) is 26.5 Å². The van der Waals surface area contributed by atoms with Gasteiger partial charge in [0, 0.05) is 17.2 Å². The Bertz CT molecular complexity index is 613. The van der Waals surface area contributed by atoms with Crippen LogP contribution < -0.4 is 10.5 Å². The quantitative estimate of drug-likeness (QED) is 0.891. The summed E-state index contributed by atoms with van der Waals surface area (Å²) in [6, 6.07) is 10.7. The van der Waals surface area contributed by atoms with Gasteiger partial charge in [0.1, 0.15) is 18.2 Å². The van der Waals surface area contributed by atoms with E-state index >= 15 is 0 Å². The molecule has 2 aromatic rings. The molecule has 0 radical (unpaired) electrons. The van der Waals surface area contributed by atoms with Crippen molar-refractivity contribution in [1.82, 2.24) is 0 Å². The lowest BCUT2D eigenvalue weighted by molar-refractivity contribution is 0.300. The fourth-order valence-corrected chi connectivity index (χ4v) is 2.34. The van der Waals surface area contributed by atoms with Crippen molar-refractivity contribution in [2.24, 2.45) is 5.73 Å². The smallest absolute Gasteiger partial charge is 0.137 e. The van der Waals surface area contributed by atoms with Crippen molar-refractivity contribution < 1.29 is 9.13 Å². The summed E-state index contributed by atoms with van der Waals surface area (Å²) in [4.78, 5) is 0. The first-order valence-electron chi connectivity index (χ1n) is 6.41. The van der Waals surface area contributed by atoms with E-state index in [9.17, 15) is 4.39 Å². The van der Waals surface area contributed by atoms with Gasteiger partial charge in [-0.2, -0.15) is 0 Å². The number of benzene rings is 2. The van der Waals surface area contributed by atoms with Crippen molar-refractivity contribution in [2.75, 3.05) is 0 Å². The molecule has 2 nitrogen and oxygen atoms in total. The number of ether oxygens (including phenoxy) is 1. The van der Waals surface area contributed by atoms with E-state index in [4.69, 9.17) is 10.5 Å². The summed E-state index contributed by atoms with van der Waals surface area (Å²) in [7, 11) is 0. The SMILES string of the molecule is Cc1ccc([C@H](C)N)c(OCc2cccc(F)c2Br)c1.